The van der Waals surface area contributed by atoms with Crippen LogP contribution in [-0.2, 0) is 4.74 Å². The van der Waals surface area contributed by atoms with Crippen molar-refractivity contribution in [3.05, 3.63) is 6.07 Å². The Hall–Kier alpha value is -1.60. The molecule has 0 saturated carbocycles. The van der Waals surface area contributed by atoms with Crippen molar-refractivity contribution in [3.63, 3.8) is 0 Å². The van der Waals surface area contributed by atoms with Crippen LogP contribution in [0, 0.1) is 5.92 Å². The quantitative estimate of drug-likeness (QED) is 0.309. The van der Waals surface area contributed by atoms with Gasteiger partial charge in [0.2, 0.25) is 5.95 Å². The Labute approximate surface area is 107 Å². The number of hydrogen-bond acceptors (Lipinski definition) is 7. The van der Waals surface area contributed by atoms with Gasteiger partial charge < -0.3 is 21.2 Å². The van der Waals surface area contributed by atoms with Crippen LogP contribution in [0.5, 0.6) is 0 Å². The second-order valence-electron chi connectivity index (χ2n) is 4.36. The molecular formula is C11H22N6O. The fourth-order valence-corrected chi connectivity index (χ4v) is 1.30. The fourth-order valence-electron chi connectivity index (χ4n) is 1.30. The van der Waals surface area contributed by atoms with E-state index in [9.17, 15) is 0 Å². The average Bonchev–Trinajstić information content (AvgIpc) is 2.32. The van der Waals surface area contributed by atoms with Crippen molar-refractivity contribution in [2.24, 2.45) is 11.8 Å². The summed E-state index contributed by atoms with van der Waals surface area (Å²) in [7, 11) is 0. The summed E-state index contributed by atoms with van der Waals surface area (Å²) in [5, 5.41) is 3.10. The van der Waals surface area contributed by atoms with Gasteiger partial charge in [0.1, 0.15) is 11.6 Å². The van der Waals surface area contributed by atoms with E-state index in [1.165, 1.54) is 0 Å². The maximum atomic E-state index is 5.53. The second-order valence-corrected chi connectivity index (χ2v) is 4.36. The summed E-state index contributed by atoms with van der Waals surface area (Å²) in [4.78, 5) is 7.92. The molecule has 18 heavy (non-hydrogen) atoms. The number of anilines is 3. The first-order valence-corrected chi connectivity index (χ1v) is 6.04. The first kappa shape index (κ1) is 14.5. The Morgan fingerprint density at radius 2 is 2.00 bits per heavy atom. The number of rotatable bonds is 8. The van der Waals surface area contributed by atoms with Gasteiger partial charge in [-0.05, 0) is 12.3 Å². The topological polar surface area (TPSA) is 111 Å². The molecule has 1 rings (SSSR count). The molecule has 0 aromatic carbocycles. The van der Waals surface area contributed by atoms with E-state index >= 15 is 0 Å². The van der Waals surface area contributed by atoms with Crippen LogP contribution in [0.3, 0.4) is 0 Å². The Morgan fingerprint density at radius 1 is 1.28 bits per heavy atom. The number of hydrazine groups is 1. The summed E-state index contributed by atoms with van der Waals surface area (Å²) in [5.74, 6) is 7.21. The van der Waals surface area contributed by atoms with Crippen molar-refractivity contribution in [1.82, 2.24) is 9.97 Å². The van der Waals surface area contributed by atoms with E-state index in [1.807, 2.05) is 0 Å². The highest BCUT2D eigenvalue weighted by molar-refractivity contribution is 5.50. The molecule has 7 nitrogen and oxygen atoms in total. The molecule has 0 aliphatic heterocycles. The fraction of sp³-hybridized carbons (Fsp3) is 0.636. The minimum atomic E-state index is 0.175. The SMILES string of the molecule is CC(C)CCOCCNc1cc(NN)nc(N)n1. The van der Waals surface area contributed by atoms with E-state index in [0.29, 0.717) is 30.7 Å². The van der Waals surface area contributed by atoms with Crippen molar-refractivity contribution < 1.29 is 4.74 Å². The van der Waals surface area contributed by atoms with Gasteiger partial charge in [0, 0.05) is 19.2 Å². The van der Waals surface area contributed by atoms with Gasteiger partial charge in [-0.15, -0.1) is 0 Å². The lowest BCUT2D eigenvalue weighted by atomic mass is 10.1. The summed E-state index contributed by atoms with van der Waals surface area (Å²) in [6.07, 6.45) is 1.07. The van der Waals surface area contributed by atoms with Gasteiger partial charge in [-0.1, -0.05) is 13.8 Å². The van der Waals surface area contributed by atoms with E-state index in [1.54, 1.807) is 6.07 Å². The van der Waals surface area contributed by atoms with Crippen molar-refractivity contribution in [3.8, 4) is 0 Å². The van der Waals surface area contributed by atoms with Gasteiger partial charge in [0.15, 0.2) is 0 Å². The number of aromatic nitrogens is 2. The molecule has 7 heteroatoms. The molecule has 1 aromatic heterocycles. The van der Waals surface area contributed by atoms with Gasteiger partial charge in [0.25, 0.3) is 0 Å². The smallest absolute Gasteiger partial charge is 0.223 e. The van der Waals surface area contributed by atoms with Crippen LogP contribution in [-0.4, -0.2) is 29.7 Å². The van der Waals surface area contributed by atoms with Crippen LogP contribution in [0.4, 0.5) is 17.6 Å². The van der Waals surface area contributed by atoms with Crippen LogP contribution < -0.4 is 22.3 Å². The molecule has 1 aromatic rings. The molecule has 102 valence electrons. The van der Waals surface area contributed by atoms with Gasteiger partial charge in [-0.25, -0.2) is 5.84 Å². The molecule has 0 atom stereocenters. The summed E-state index contributed by atoms with van der Waals surface area (Å²) >= 11 is 0. The number of ether oxygens (including phenoxy) is 1. The van der Waals surface area contributed by atoms with Crippen molar-refractivity contribution >= 4 is 17.6 Å². The molecule has 1 heterocycles. The number of hydrogen-bond donors (Lipinski definition) is 4. The minimum absolute atomic E-state index is 0.175. The second kappa shape index (κ2) is 7.67. The molecule has 0 aliphatic carbocycles. The van der Waals surface area contributed by atoms with E-state index in [0.717, 1.165) is 13.0 Å². The molecule has 0 fully saturated rings. The highest BCUT2D eigenvalue weighted by Gasteiger charge is 2.00. The van der Waals surface area contributed by atoms with Gasteiger partial charge in [0.05, 0.1) is 6.61 Å². The van der Waals surface area contributed by atoms with Gasteiger partial charge >= 0.3 is 0 Å². The van der Waals surface area contributed by atoms with Crippen LogP contribution in [0.25, 0.3) is 0 Å². The minimum Gasteiger partial charge on any atom is -0.380 e. The largest absolute Gasteiger partial charge is 0.380 e. The third-order valence-corrected chi connectivity index (χ3v) is 2.28. The van der Waals surface area contributed by atoms with E-state index < -0.39 is 0 Å². The zero-order chi connectivity index (χ0) is 13.4. The standard InChI is InChI=1S/C11H22N6O/c1-8(2)3-5-18-6-4-14-9-7-10(17-13)16-11(12)15-9/h7-8H,3-6,13H2,1-2H3,(H4,12,14,15,16,17). The van der Waals surface area contributed by atoms with Crippen molar-refractivity contribution in [2.45, 2.75) is 20.3 Å². The molecule has 0 aliphatic rings. The number of nitrogens with one attached hydrogen (secondary N) is 2. The normalized spacial score (nSPS) is 10.7. The zero-order valence-electron chi connectivity index (χ0n) is 10.9. The summed E-state index contributed by atoms with van der Waals surface area (Å²) in [6, 6.07) is 1.68. The first-order valence-electron chi connectivity index (χ1n) is 6.04. The Balaban J connectivity index is 2.24. The Morgan fingerprint density at radius 3 is 2.67 bits per heavy atom. The zero-order valence-corrected chi connectivity index (χ0v) is 10.9. The van der Waals surface area contributed by atoms with Crippen LogP contribution in [0.1, 0.15) is 20.3 Å². The molecule has 0 bridgehead atoms. The highest BCUT2D eigenvalue weighted by atomic mass is 16.5. The van der Waals surface area contributed by atoms with Crippen LogP contribution in [0.2, 0.25) is 0 Å². The predicted molar refractivity (Wildman–Crippen MR) is 73.0 cm³/mol. The van der Waals surface area contributed by atoms with Crippen molar-refractivity contribution in [1.29, 1.82) is 0 Å². The number of nitrogen functional groups attached to an aromatic ring is 2. The molecule has 0 radical (unpaired) electrons. The molecule has 0 unspecified atom stereocenters. The monoisotopic (exact) mass is 254 g/mol. The van der Waals surface area contributed by atoms with Crippen LogP contribution >= 0.6 is 0 Å². The van der Waals surface area contributed by atoms with Crippen LogP contribution in [0.15, 0.2) is 6.07 Å². The lowest BCUT2D eigenvalue weighted by molar-refractivity contribution is 0.132. The predicted octanol–water partition coefficient (Wildman–Crippen LogP) is 0.819. The van der Waals surface area contributed by atoms with Gasteiger partial charge in [-0.3, -0.25) is 0 Å². The first-order chi connectivity index (χ1) is 8.61. The highest BCUT2D eigenvalue weighted by Crippen LogP contribution is 2.10. The summed E-state index contributed by atoms with van der Waals surface area (Å²) in [5.41, 5.74) is 7.96. The maximum Gasteiger partial charge on any atom is 0.223 e. The maximum absolute atomic E-state index is 5.53. The lowest BCUT2D eigenvalue weighted by Gasteiger charge is -2.09. The van der Waals surface area contributed by atoms with E-state index in [2.05, 4.69) is 34.6 Å². The van der Waals surface area contributed by atoms with E-state index in [-0.39, 0.29) is 5.95 Å². The third-order valence-electron chi connectivity index (χ3n) is 2.28. The molecule has 0 amide bonds. The Bertz CT molecular complexity index is 357. The number of nitrogens with two attached hydrogens (primary N) is 2. The summed E-state index contributed by atoms with van der Waals surface area (Å²) in [6.45, 7) is 6.42. The average molecular weight is 254 g/mol. The van der Waals surface area contributed by atoms with Gasteiger partial charge in [-0.2, -0.15) is 9.97 Å². The lowest BCUT2D eigenvalue weighted by Crippen LogP contribution is -2.14. The number of nitrogens with zero attached hydrogens (tertiary/aromatic N) is 2. The van der Waals surface area contributed by atoms with E-state index in [4.69, 9.17) is 16.3 Å². The van der Waals surface area contributed by atoms with Crippen molar-refractivity contribution in [2.75, 3.05) is 36.2 Å². The molecular weight excluding hydrogens is 232 g/mol. The molecule has 0 spiro atoms. The third kappa shape index (κ3) is 5.65. The molecule has 6 N–H and O–H groups in total. The Kier molecular flexibility index (Phi) is 6.16. The summed E-state index contributed by atoms with van der Waals surface area (Å²) < 4.78 is 5.48. The molecule has 0 saturated heterocycles.